The van der Waals surface area contributed by atoms with E-state index in [9.17, 15) is 13.2 Å². The first-order valence-electron chi connectivity index (χ1n) is 6.16. The van der Waals surface area contributed by atoms with E-state index >= 15 is 0 Å². The van der Waals surface area contributed by atoms with Crippen molar-refractivity contribution in [3.05, 3.63) is 29.6 Å². The van der Waals surface area contributed by atoms with Crippen molar-refractivity contribution in [2.75, 3.05) is 13.1 Å². The molecule has 0 amide bonds. The fourth-order valence-corrected chi connectivity index (χ4v) is 2.31. The Bertz CT molecular complexity index is 395. The van der Waals surface area contributed by atoms with E-state index in [1.807, 2.05) is 19.1 Å². The van der Waals surface area contributed by atoms with Crippen LogP contribution < -0.4 is 0 Å². The summed E-state index contributed by atoms with van der Waals surface area (Å²) in [4.78, 5) is 6.33. The van der Waals surface area contributed by atoms with Gasteiger partial charge in [0.15, 0.2) is 0 Å². The van der Waals surface area contributed by atoms with Crippen molar-refractivity contribution < 1.29 is 13.2 Å². The molecule has 2 rings (SSSR count). The maximum absolute atomic E-state index is 12.5. The molecule has 1 aliphatic rings. The van der Waals surface area contributed by atoms with Crippen LogP contribution in [-0.2, 0) is 6.54 Å². The van der Waals surface area contributed by atoms with Crippen LogP contribution in [0.5, 0.6) is 0 Å². The third-order valence-corrected chi connectivity index (χ3v) is 3.54. The van der Waals surface area contributed by atoms with Gasteiger partial charge in [0.05, 0.1) is 11.6 Å². The molecule has 1 aromatic heterocycles. The smallest absolute Gasteiger partial charge is 0.297 e. The molecule has 1 fully saturated rings. The normalized spacial score (nSPS) is 19.1. The van der Waals surface area contributed by atoms with Crippen LogP contribution in [0.4, 0.5) is 13.2 Å². The Morgan fingerprint density at radius 2 is 2.00 bits per heavy atom. The predicted molar refractivity (Wildman–Crippen MR) is 63.0 cm³/mol. The van der Waals surface area contributed by atoms with Gasteiger partial charge in [-0.05, 0) is 44.5 Å². The number of alkyl halides is 3. The molecule has 18 heavy (non-hydrogen) atoms. The van der Waals surface area contributed by atoms with E-state index in [2.05, 4.69) is 9.88 Å². The first-order valence-corrected chi connectivity index (χ1v) is 6.16. The van der Waals surface area contributed by atoms with Crippen molar-refractivity contribution in [1.29, 1.82) is 0 Å². The highest BCUT2D eigenvalue weighted by Gasteiger charge is 2.40. The topological polar surface area (TPSA) is 16.1 Å². The van der Waals surface area contributed by atoms with Crippen molar-refractivity contribution >= 4 is 0 Å². The zero-order valence-corrected chi connectivity index (χ0v) is 10.4. The van der Waals surface area contributed by atoms with Gasteiger partial charge in [0.2, 0.25) is 0 Å². The molecule has 0 aliphatic carbocycles. The van der Waals surface area contributed by atoms with E-state index in [0.717, 1.165) is 11.3 Å². The van der Waals surface area contributed by atoms with Crippen molar-refractivity contribution in [3.8, 4) is 0 Å². The van der Waals surface area contributed by atoms with Gasteiger partial charge in [-0.15, -0.1) is 0 Å². The average Bonchev–Trinajstić information content (AvgIpc) is 2.32. The molecule has 1 aromatic rings. The van der Waals surface area contributed by atoms with Crippen LogP contribution in [0.3, 0.4) is 0 Å². The highest BCUT2D eigenvalue weighted by atomic mass is 19.4. The first-order chi connectivity index (χ1) is 8.47. The number of piperidine rings is 1. The molecule has 1 aliphatic heterocycles. The minimum atomic E-state index is -4.03. The summed E-state index contributed by atoms with van der Waals surface area (Å²) in [7, 11) is 0. The van der Waals surface area contributed by atoms with Crippen molar-refractivity contribution in [2.45, 2.75) is 32.5 Å². The summed E-state index contributed by atoms with van der Waals surface area (Å²) in [6.07, 6.45) is -1.90. The van der Waals surface area contributed by atoms with E-state index in [0.29, 0.717) is 19.6 Å². The summed E-state index contributed by atoms with van der Waals surface area (Å²) in [6.45, 7) is 3.63. The summed E-state index contributed by atoms with van der Waals surface area (Å²) < 4.78 is 37.6. The number of hydrogen-bond acceptors (Lipinski definition) is 2. The number of likely N-dealkylation sites (tertiary alicyclic amines) is 1. The van der Waals surface area contributed by atoms with Crippen LogP contribution in [0.15, 0.2) is 18.3 Å². The molecule has 100 valence electrons. The Balaban J connectivity index is 1.90. The summed E-state index contributed by atoms with van der Waals surface area (Å²) >= 11 is 0. The Labute approximate surface area is 105 Å². The van der Waals surface area contributed by atoms with Gasteiger partial charge in [-0.3, -0.25) is 9.88 Å². The van der Waals surface area contributed by atoms with Crippen LogP contribution in [0.2, 0.25) is 0 Å². The lowest BCUT2D eigenvalue weighted by Gasteiger charge is -2.32. The third kappa shape index (κ3) is 3.22. The fraction of sp³-hybridized carbons (Fsp3) is 0.615. The fourth-order valence-electron chi connectivity index (χ4n) is 2.31. The van der Waals surface area contributed by atoms with Gasteiger partial charge in [0, 0.05) is 12.7 Å². The minimum Gasteiger partial charge on any atom is -0.297 e. The lowest BCUT2D eigenvalue weighted by Crippen LogP contribution is -2.38. The van der Waals surface area contributed by atoms with Crippen molar-refractivity contribution in [1.82, 2.24) is 9.88 Å². The number of halogens is 3. The molecular weight excluding hydrogens is 241 g/mol. The van der Waals surface area contributed by atoms with Crippen molar-refractivity contribution in [2.24, 2.45) is 5.92 Å². The quantitative estimate of drug-likeness (QED) is 0.810. The maximum atomic E-state index is 12.5. The number of hydrogen-bond donors (Lipinski definition) is 0. The zero-order valence-electron chi connectivity index (χ0n) is 10.4. The summed E-state index contributed by atoms with van der Waals surface area (Å²) in [5.41, 5.74) is 2.05. The Kier molecular flexibility index (Phi) is 3.90. The molecule has 1 saturated heterocycles. The van der Waals surface area contributed by atoms with Crippen LogP contribution >= 0.6 is 0 Å². The number of pyridine rings is 1. The monoisotopic (exact) mass is 258 g/mol. The summed E-state index contributed by atoms with van der Waals surface area (Å²) in [5.74, 6) is -1.13. The van der Waals surface area contributed by atoms with E-state index in [1.54, 1.807) is 6.20 Å². The molecule has 2 heterocycles. The van der Waals surface area contributed by atoms with E-state index in [4.69, 9.17) is 0 Å². The molecule has 0 spiro atoms. The molecule has 0 saturated carbocycles. The number of aryl methyl sites for hydroxylation is 1. The minimum absolute atomic E-state index is 0.204. The van der Waals surface area contributed by atoms with E-state index < -0.39 is 12.1 Å². The van der Waals surface area contributed by atoms with Gasteiger partial charge in [-0.2, -0.15) is 13.2 Å². The van der Waals surface area contributed by atoms with Crippen LogP contribution in [0.1, 0.15) is 24.1 Å². The second kappa shape index (κ2) is 5.26. The second-order valence-electron chi connectivity index (χ2n) is 4.86. The SMILES string of the molecule is Cc1cccnc1CN1CCC(C(F)(F)F)CC1. The molecular formula is C13H17F3N2. The van der Waals surface area contributed by atoms with Crippen LogP contribution in [0, 0.1) is 12.8 Å². The van der Waals surface area contributed by atoms with Gasteiger partial charge in [-0.25, -0.2) is 0 Å². The Morgan fingerprint density at radius 1 is 1.33 bits per heavy atom. The van der Waals surface area contributed by atoms with E-state index in [-0.39, 0.29) is 12.8 Å². The first kappa shape index (κ1) is 13.3. The summed E-state index contributed by atoms with van der Waals surface area (Å²) in [6, 6.07) is 3.85. The Hall–Kier alpha value is -1.10. The molecule has 0 radical (unpaired) electrons. The van der Waals surface area contributed by atoms with Gasteiger partial charge in [0.25, 0.3) is 0 Å². The molecule has 0 aromatic carbocycles. The molecule has 5 heteroatoms. The third-order valence-electron chi connectivity index (χ3n) is 3.54. The van der Waals surface area contributed by atoms with Crippen LogP contribution in [0.25, 0.3) is 0 Å². The highest BCUT2D eigenvalue weighted by Crippen LogP contribution is 2.34. The van der Waals surface area contributed by atoms with Crippen LogP contribution in [-0.4, -0.2) is 29.1 Å². The second-order valence-corrected chi connectivity index (χ2v) is 4.86. The lowest BCUT2D eigenvalue weighted by atomic mass is 9.96. The molecule has 0 atom stereocenters. The lowest BCUT2D eigenvalue weighted by molar-refractivity contribution is -0.185. The summed E-state index contributed by atoms with van der Waals surface area (Å²) in [5, 5.41) is 0. The van der Waals surface area contributed by atoms with Gasteiger partial charge in [0.1, 0.15) is 0 Å². The average molecular weight is 258 g/mol. The van der Waals surface area contributed by atoms with Gasteiger partial charge < -0.3 is 0 Å². The predicted octanol–water partition coefficient (Wildman–Crippen LogP) is 3.16. The largest absolute Gasteiger partial charge is 0.391 e. The highest BCUT2D eigenvalue weighted by molar-refractivity contribution is 5.17. The zero-order chi connectivity index (χ0) is 13.2. The van der Waals surface area contributed by atoms with E-state index in [1.165, 1.54) is 0 Å². The molecule has 0 N–H and O–H groups in total. The standard InChI is InChI=1S/C13H17F3N2/c1-10-3-2-6-17-12(10)9-18-7-4-11(5-8-18)13(14,15)16/h2-3,6,11H,4-5,7-9H2,1H3. The number of nitrogens with zero attached hydrogens (tertiary/aromatic N) is 2. The van der Waals surface area contributed by atoms with Gasteiger partial charge in [-0.1, -0.05) is 6.07 Å². The maximum Gasteiger partial charge on any atom is 0.391 e. The van der Waals surface area contributed by atoms with Crippen molar-refractivity contribution in [3.63, 3.8) is 0 Å². The molecule has 0 bridgehead atoms. The van der Waals surface area contributed by atoms with Gasteiger partial charge >= 0.3 is 6.18 Å². The molecule has 2 nitrogen and oxygen atoms in total. The Morgan fingerprint density at radius 3 is 2.56 bits per heavy atom. The molecule has 0 unspecified atom stereocenters. The number of aromatic nitrogens is 1. The number of rotatable bonds is 2.